The predicted octanol–water partition coefficient (Wildman–Crippen LogP) is 2.51. The fraction of sp³-hybridized carbons (Fsp3) is 0.462. The third-order valence-corrected chi connectivity index (χ3v) is 4.50. The van der Waals surface area contributed by atoms with Crippen LogP contribution in [0.1, 0.15) is 4.88 Å². The number of fused-ring (bicyclic) bond motifs is 1. The summed E-state index contributed by atoms with van der Waals surface area (Å²) in [6.45, 7) is 4.14. The van der Waals surface area contributed by atoms with Gasteiger partial charge in [0.2, 0.25) is 0 Å². The van der Waals surface area contributed by atoms with Crippen LogP contribution in [0, 0.1) is 0 Å². The summed E-state index contributed by atoms with van der Waals surface area (Å²) in [6, 6.07) is 4.13. The van der Waals surface area contributed by atoms with Gasteiger partial charge in [-0.2, -0.15) is 0 Å². The molecule has 6 heteroatoms. The molecule has 0 aromatic carbocycles. The lowest BCUT2D eigenvalue weighted by Crippen LogP contribution is -2.36. The third kappa shape index (κ3) is 2.69. The topological polar surface area (TPSA) is 37.4 Å². The van der Waals surface area contributed by atoms with Gasteiger partial charge >= 0.3 is 0 Å². The van der Waals surface area contributed by atoms with Crippen LogP contribution in [0.15, 0.2) is 12.1 Å². The zero-order valence-corrected chi connectivity index (χ0v) is 12.4. The molecule has 1 aliphatic heterocycles. The Morgan fingerprint density at radius 1 is 1.42 bits per heavy atom. The molecule has 1 N–H and O–H groups in total. The molecule has 0 bridgehead atoms. The summed E-state index contributed by atoms with van der Waals surface area (Å²) < 4.78 is 6.62. The van der Waals surface area contributed by atoms with Gasteiger partial charge in [0, 0.05) is 24.5 Å². The Morgan fingerprint density at radius 3 is 2.95 bits per heavy atom. The molecule has 0 unspecified atom stereocenters. The first-order valence-corrected chi connectivity index (χ1v) is 7.53. The number of nitrogens with zero attached hydrogens (tertiary/aromatic N) is 2. The van der Waals surface area contributed by atoms with E-state index in [0.29, 0.717) is 5.15 Å². The molecule has 2 aromatic rings. The van der Waals surface area contributed by atoms with E-state index in [1.54, 1.807) is 11.3 Å². The van der Waals surface area contributed by atoms with Gasteiger partial charge in [-0.3, -0.25) is 0 Å². The summed E-state index contributed by atoms with van der Waals surface area (Å²) in [5.41, 5.74) is 0. The molecule has 3 rings (SSSR count). The molecular weight excluding hydrogens is 282 g/mol. The normalized spacial score (nSPS) is 16.2. The van der Waals surface area contributed by atoms with Gasteiger partial charge in [0.25, 0.3) is 0 Å². The van der Waals surface area contributed by atoms with Gasteiger partial charge in [-0.05, 0) is 24.6 Å². The zero-order valence-electron chi connectivity index (χ0n) is 10.8. The van der Waals surface area contributed by atoms with Crippen LogP contribution >= 0.6 is 22.9 Å². The number of ether oxygens (including phenoxy) is 1. The Labute approximate surface area is 121 Å². The number of anilines is 1. The lowest BCUT2D eigenvalue weighted by molar-refractivity contribution is 0.122. The van der Waals surface area contributed by atoms with Crippen molar-refractivity contribution < 1.29 is 4.74 Å². The van der Waals surface area contributed by atoms with Gasteiger partial charge in [-0.25, -0.2) is 4.98 Å². The van der Waals surface area contributed by atoms with Crippen LogP contribution in [0.25, 0.3) is 10.1 Å². The zero-order chi connectivity index (χ0) is 13.2. The van der Waals surface area contributed by atoms with Gasteiger partial charge in [0.05, 0.1) is 17.9 Å². The van der Waals surface area contributed by atoms with E-state index in [0.717, 1.165) is 38.7 Å². The molecule has 2 aromatic heterocycles. The van der Waals surface area contributed by atoms with Crippen LogP contribution in [0.4, 0.5) is 5.82 Å². The van der Waals surface area contributed by atoms with Gasteiger partial charge in [-0.15, -0.1) is 11.3 Å². The number of hydrogen-bond acceptors (Lipinski definition) is 5. The van der Waals surface area contributed by atoms with Crippen LogP contribution < -0.4 is 10.2 Å². The maximum atomic E-state index is 6.15. The quantitative estimate of drug-likeness (QED) is 0.884. The number of thiophene rings is 1. The molecule has 0 saturated carbocycles. The van der Waals surface area contributed by atoms with Crippen LogP contribution in [0.2, 0.25) is 5.15 Å². The average molecular weight is 298 g/mol. The predicted molar refractivity (Wildman–Crippen MR) is 80.4 cm³/mol. The summed E-state index contributed by atoms with van der Waals surface area (Å²) in [5, 5.41) is 4.92. The van der Waals surface area contributed by atoms with Crippen molar-refractivity contribution in [3.8, 4) is 0 Å². The second kappa shape index (κ2) is 5.63. The lowest BCUT2D eigenvalue weighted by atomic mass is 10.3. The SMILES string of the molecule is CNCc1cc2cc(Cl)nc(N3CCOCC3)c2s1. The Morgan fingerprint density at radius 2 is 2.21 bits per heavy atom. The number of nitrogens with one attached hydrogen (secondary N) is 1. The van der Waals surface area contributed by atoms with Gasteiger partial charge in [0.15, 0.2) is 0 Å². The summed E-state index contributed by atoms with van der Waals surface area (Å²) in [7, 11) is 1.96. The highest BCUT2D eigenvalue weighted by molar-refractivity contribution is 7.19. The minimum Gasteiger partial charge on any atom is -0.378 e. The highest BCUT2D eigenvalue weighted by atomic mass is 35.5. The largest absolute Gasteiger partial charge is 0.378 e. The molecule has 102 valence electrons. The molecule has 0 radical (unpaired) electrons. The van der Waals surface area contributed by atoms with Crippen molar-refractivity contribution in [1.29, 1.82) is 0 Å². The summed E-state index contributed by atoms with van der Waals surface area (Å²) in [5.74, 6) is 0.998. The Hall–Kier alpha value is -0.880. The first-order valence-electron chi connectivity index (χ1n) is 6.34. The monoisotopic (exact) mass is 297 g/mol. The number of hydrogen-bond donors (Lipinski definition) is 1. The Balaban J connectivity index is 2.05. The Bertz CT molecular complexity index is 581. The van der Waals surface area contributed by atoms with Crippen molar-refractivity contribution in [1.82, 2.24) is 10.3 Å². The smallest absolute Gasteiger partial charge is 0.148 e. The standard InChI is InChI=1S/C13H16ClN3OS/c1-15-8-10-6-9-7-11(14)16-13(12(9)19-10)17-2-4-18-5-3-17/h6-7,15H,2-5,8H2,1H3. The molecule has 1 aliphatic rings. The van der Waals surface area contributed by atoms with Crippen molar-refractivity contribution in [3.05, 3.63) is 22.2 Å². The molecule has 0 spiro atoms. The van der Waals surface area contributed by atoms with Crippen molar-refractivity contribution in [3.63, 3.8) is 0 Å². The molecular formula is C13H16ClN3OS. The Kier molecular flexibility index (Phi) is 3.88. The van der Waals surface area contributed by atoms with E-state index in [-0.39, 0.29) is 0 Å². The molecule has 0 aliphatic carbocycles. The fourth-order valence-electron chi connectivity index (χ4n) is 2.30. The second-order valence-corrected chi connectivity index (χ2v) is 6.05. The number of halogens is 1. The van der Waals surface area contributed by atoms with Gasteiger partial charge in [0.1, 0.15) is 11.0 Å². The minimum atomic E-state index is 0.558. The molecule has 0 atom stereocenters. The van der Waals surface area contributed by atoms with Crippen LogP contribution in [-0.2, 0) is 11.3 Å². The van der Waals surface area contributed by atoms with E-state index in [1.807, 2.05) is 13.1 Å². The van der Waals surface area contributed by atoms with E-state index in [4.69, 9.17) is 16.3 Å². The van der Waals surface area contributed by atoms with E-state index in [2.05, 4.69) is 21.3 Å². The summed E-state index contributed by atoms with van der Waals surface area (Å²) in [6.07, 6.45) is 0. The number of rotatable bonds is 3. The van der Waals surface area contributed by atoms with Crippen molar-refractivity contribution in [2.75, 3.05) is 38.3 Å². The average Bonchev–Trinajstić information content (AvgIpc) is 2.81. The second-order valence-electron chi connectivity index (χ2n) is 4.53. The van der Waals surface area contributed by atoms with E-state index >= 15 is 0 Å². The van der Waals surface area contributed by atoms with E-state index in [9.17, 15) is 0 Å². The minimum absolute atomic E-state index is 0.558. The fourth-order valence-corrected chi connectivity index (χ4v) is 3.67. The van der Waals surface area contributed by atoms with Gasteiger partial charge < -0.3 is 15.0 Å². The van der Waals surface area contributed by atoms with Gasteiger partial charge in [-0.1, -0.05) is 11.6 Å². The molecule has 1 saturated heterocycles. The van der Waals surface area contributed by atoms with Crippen molar-refractivity contribution >= 4 is 38.8 Å². The molecule has 4 nitrogen and oxygen atoms in total. The molecule has 3 heterocycles. The first-order chi connectivity index (χ1) is 9.28. The summed E-state index contributed by atoms with van der Waals surface area (Å²) in [4.78, 5) is 8.09. The van der Waals surface area contributed by atoms with Crippen LogP contribution in [-0.4, -0.2) is 38.3 Å². The number of aromatic nitrogens is 1. The van der Waals surface area contributed by atoms with Crippen molar-refractivity contribution in [2.24, 2.45) is 0 Å². The third-order valence-electron chi connectivity index (χ3n) is 3.16. The number of pyridine rings is 1. The van der Waals surface area contributed by atoms with Crippen molar-refractivity contribution in [2.45, 2.75) is 6.54 Å². The highest BCUT2D eigenvalue weighted by Crippen LogP contribution is 2.35. The molecule has 0 amide bonds. The lowest BCUT2D eigenvalue weighted by Gasteiger charge is -2.28. The summed E-state index contributed by atoms with van der Waals surface area (Å²) >= 11 is 7.93. The highest BCUT2D eigenvalue weighted by Gasteiger charge is 2.18. The van der Waals surface area contributed by atoms with Crippen LogP contribution in [0.5, 0.6) is 0 Å². The maximum absolute atomic E-state index is 6.15. The molecule has 1 fully saturated rings. The first kappa shape index (κ1) is 13.1. The van der Waals surface area contributed by atoms with E-state index < -0.39 is 0 Å². The maximum Gasteiger partial charge on any atom is 0.148 e. The molecule has 19 heavy (non-hydrogen) atoms. The number of morpholine rings is 1. The van der Waals surface area contributed by atoms with Crippen LogP contribution in [0.3, 0.4) is 0 Å². The van der Waals surface area contributed by atoms with E-state index in [1.165, 1.54) is 15.0 Å².